The van der Waals surface area contributed by atoms with E-state index in [1.807, 2.05) is 18.7 Å². The number of piperidine rings is 1. The van der Waals surface area contributed by atoms with Crippen LogP contribution in [0.5, 0.6) is 0 Å². The minimum atomic E-state index is -0.204. The standard InChI is InChI=1S/C12H23NO3S/c1-9(2)11(17)12(15)13-5-3-10(4-6-13)16-8-7-14/h9-11,14,17H,3-8H2,1-2H3. The first-order valence-electron chi connectivity index (χ1n) is 6.25. The predicted octanol–water partition coefficient (Wildman–Crippen LogP) is 0.941. The maximum absolute atomic E-state index is 12.0. The summed E-state index contributed by atoms with van der Waals surface area (Å²) in [5, 5.41) is 8.47. The lowest BCUT2D eigenvalue weighted by Crippen LogP contribution is -2.45. The van der Waals surface area contributed by atoms with Gasteiger partial charge in [0.05, 0.1) is 24.6 Å². The number of aliphatic hydroxyl groups is 1. The Bertz CT molecular complexity index is 240. The SMILES string of the molecule is CC(C)C(S)C(=O)N1CCC(OCCO)CC1. The molecule has 1 rings (SSSR count). The molecule has 0 aliphatic carbocycles. The summed E-state index contributed by atoms with van der Waals surface area (Å²) in [5.74, 6) is 0.387. The highest BCUT2D eigenvalue weighted by atomic mass is 32.1. The average molecular weight is 261 g/mol. The third kappa shape index (κ3) is 4.48. The van der Waals surface area contributed by atoms with Crippen molar-refractivity contribution in [2.45, 2.75) is 38.0 Å². The lowest BCUT2D eigenvalue weighted by Gasteiger charge is -2.33. The fourth-order valence-corrected chi connectivity index (χ4v) is 2.10. The summed E-state index contributed by atoms with van der Waals surface area (Å²) in [4.78, 5) is 13.9. The van der Waals surface area contributed by atoms with Crippen LogP contribution in [0.25, 0.3) is 0 Å². The maximum Gasteiger partial charge on any atom is 0.235 e. The van der Waals surface area contributed by atoms with Crippen LogP contribution < -0.4 is 0 Å². The van der Waals surface area contributed by atoms with Gasteiger partial charge in [-0.05, 0) is 18.8 Å². The summed E-state index contributed by atoms with van der Waals surface area (Å²) >= 11 is 4.35. The van der Waals surface area contributed by atoms with Gasteiger partial charge in [-0.1, -0.05) is 13.8 Å². The van der Waals surface area contributed by atoms with E-state index in [0.29, 0.717) is 6.61 Å². The van der Waals surface area contributed by atoms with Crippen LogP contribution in [0.3, 0.4) is 0 Å². The lowest BCUT2D eigenvalue weighted by atomic mass is 10.0. The molecule has 1 saturated heterocycles. The van der Waals surface area contributed by atoms with E-state index in [0.717, 1.165) is 25.9 Å². The number of carbonyl (C=O) groups is 1. The number of hydrogen-bond donors (Lipinski definition) is 2. The van der Waals surface area contributed by atoms with Crippen molar-refractivity contribution < 1.29 is 14.6 Å². The molecule has 0 radical (unpaired) electrons. The molecule has 1 heterocycles. The van der Waals surface area contributed by atoms with Crippen LogP contribution in [0.4, 0.5) is 0 Å². The van der Waals surface area contributed by atoms with Crippen LogP contribution in [0, 0.1) is 5.92 Å². The molecule has 1 unspecified atom stereocenters. The summed E-state index contributed by atoms with van der Waals surface area (Å²) in [7, 11) is 0. The Balaban J connectivity index is 2.33. The zero-order chi connectivity index (χ0) is 12.8. The van der Waals surface area contributed by atoms with Crippen molar-refractivity contribution in [3.05, 3.63) is 0 Å². The maximum atomic E-state index is 12.0. The molecule has 0 spiro atoms. The van der Waals surface area contributed by atoms with Crippen molar-refractivity contribution in [3.63, 3.8) is 0 Å². The molecule has 1 amide bonds. The Morgan fingerprint density at radius 1 is 1.47 bits per heavy atom. The van der Waals surface area contributed by atoms with E-state index in [2.05, 4.69) is 12.6 Å². The monoisotopic (exact) mass is 261 g/mol. The van der Waals surface area contributed by atoms with Crippen LogP contribution in [0.1, 0.15) is 26.7 Å². The largest absolute Gasteiger partial charge is 0.394 e. The van der Waals surface area contributed by atoms with Gasteiger partial charge < -0.3 is 14.7 Å². The highest BCUT2D eigenvalue weighted by Crippen LogP contribution is 2.18. The van der Waals surface area contributed by atoms with Gasteiger partial charge in [-0.2, -0.15) is 12.6 Å². The number of thiol groups is 1. The zero-order valence-corrected chi connectivity index (χ0v) is 11.5. The quantitative estimate of drug-likeness (QED) is 0.724. The molecule has 1 aliphatic heterocycles. The van der Waals surface area contributed by atoms with Gasteiger partial charge in [-0.15, -0.1) is 0 Å². The minimum absolute atomic E-state index is 0.0607. The van der Waals surface area contributed by atoms with Gasteiger partial charge in [0.2, 0.25) is 5.91 Å². The second kappa shape index (κ2) is 7.24. The first kappa shape index (κ1) is 14.8. The van der Waals surface area contributed by atoms with Gasteiger partial charge in [0, 0.05) is 13.1 Å². The van der Waals surface area contributed by atoms with Crippen molar-refractivity contribution >= 4 is 18.5 Å². The first-order valence-corrected chi connectivity index (χ1v) is 6.77. The van der Waals surface area contributed by atoms with Crippen molar-refractivity contribution in [2.75, 3.05) is 26.3 Å². The molecule has 1 aliphatic rings. The number of aliphatic hydroxyl groups excluding tert-OH is 1. The number of carbonyl (C=O) groups excluding carboxylic acids is 1. The predicted molar refractivity (Wildman–Crippen MR) is 70.3 cm³/mol. The Hall–Kier alpha value is -0.260. The normalized spacial score (nSPS) is 19.7. The molecule has 100 valence electrons. The molecule has 0 aromatic heterocycles. The van der Waals surface area contributed by atoms with Crippen LogP contribution in [0.2, 0.25) is 0 Å². The molecule has 1 atom stereocenters. The first-order chi connectivity index (χ1) is 8.06. The Morgan fingerprint density at radius 2 is 2.06 bits per heavy atom. The van der Waals surface area contributed by atoms with E-state index in [-0.39, 0.29) is 29.8 Å². The van der Waals surface area contributed by atoms with Crippen molar-refractivity contribution in [3.8, 4) is 0 Å². The Morgan fingerprint density at radius 3 is 2.53 bits per heavy atom. The smallest absolute Gasteiger partial charge is 0.235 e. The van der Waals surface area contributed by atoms with Crippen LogP contribution in [-0.2, 0) is 9.53 Å². The third-order valence-electron chi connectivity index (χ3n) is 3.08. The Kier molecular flexibility index (Phi) is 6.30. The van der Waals surface area contributed by atoms with Crippen LogP contribution >= 0.6 is 12.6 Å². The number of likely N-dealkylation sites (tertiary alicyclic amines) is 1. The van der Waals surface area contributed by atoms with Crippen molar-refractivity contribution in [1.82, 2.24) is 4.90 Å². The molecular formula is C12H23NO3S. The molecule has 0 aromatic rings. The van der Waals surface area contributed by atoms with Gasteiger partial charge >= 0.3 is 0 Å². The molecule has 5 heteroatoms. The molecule has 17 heavy (non-hydrogen) atoms. The summed E-state index contributed by atoms with van der Waals surface area (Å²) in [5.41, 5.74) is 0. The molecule has 1 fully saturated rings. The van der Waals surface area contributed by atoms with Crippen molar-refractivity contribution in [1.29, 1.82) is 0 Å². The van der Waals surface area contributed by atoms with E-state index in [9.17, 15) is 4.79 Å². The fraction of sp³-hybridized carbons (Fsp3) is 0.917. The minimum Gasteiger partial charge on any atom is -0.394 e. The van der Waals surface area contributed by atoms with Crippen molar-refractivity contribution in [2.24, 2.45) is 5.92 Å². The van der Waals surface area contributed by atoms with E-state index < -0.39 is 0 Å². The average Bonchev–Trinajstić information content (AvgIpc) is 2.35. The zero-order valence-electron chi connectivity index (χ0n) is 10.6. The summed E-state index contributed by atoms with van der Waals surface area (Å²) in [6.45, 7) is 5.93. The van der Waals surface area contributed by atoms with Gasteiger partial charge in [0.1, 0.15) is 0 Å². The van der Waals surface area contributed by atoms with Gasteiger partial charge in [0.15, 0.2) is 0 Å². The number of amides is 1. The number of rotatable bonds is 5. The number of ether oxygens (including phenoxy) is 1. The highest BCUT2D eigenvalue weighted by molar-refractivity contribution is 7.81. The van der Waals surface area contributed by atoms with E-state index >= 15 is 0 Å². The Labute approximate surface area is 109 Å². The van der Waals surface area contributed by atoms with Gasteiger partial charge in [-0.25, -0.2) is 0 Å². The van der Waals surface area contributed by atoms with Crippen LogP contribution in [0.15, 0.2) is 0 Å². The van der Waals surface area contributed by atoms with E-state index in [4.69, 9.17) is 9.84 Å². The summed E-state index contributed by atoms with van der Waals surface area (Å²) < 4.78 is 5.46. The second-order valence-electron chi connectivity index (χ2n) is 4.81. The molecule has 1 N–H and O–H groups in total. The molecule has 0 bridgehead atoms. The lowest BCUT2D eigenvalue weighted by molar-refractivity contribution is -0.134. The van der Waals surface area contributed by atoms with Gasteiger partial charge in [-0.3, -0.25) is 4.79 Å². The molecule has 0 aromatic carbocycles. The van der Waals surface area contributed by atoms with Crippen LogP contribution in [-0.4, -0.2) is 53.6 Å². The molecule has 0 saturated carbocycles. The number of hydrogen-bond acceptors (Lipinski definition) is 4. The third-order valence-corrected chi connectivity index (χ3v) is 3.90. The summed E-state index contributed by atoms with van der Waals surface area (Å²) in [6.07, 6.45) is 1.89. The second-order valence-corrected chi connectivity index (χ2v) is 5.36. The highest BCUT2D eigenvalue weighted by Gasteiger charge is 2.27. The fourth-order valence-electron chi connectivity index (χ4n) is 1.93. The van der Waals surface area contributed by atoms with E-state index in [1.54, 1.807) is 0 Å². The molecular weight excluding hydrogens is 238 g/mol. The van der Waals surface area contributed by atoms with Gasteiger partial charge in [0.25, 0.3) is 0 Å². The number of nitrogens with zero attached hydrogens (tertiary/aromatic N) is 1. The van der Waals surface area contributed by atoms with E-state index in [1.165, 1.54) is 0 Å². The molecule has 4 nitrogen and oxygen atoms in total. The summed E-state index contributed by atoms with van der Waals surface area (Å²) in [6, 6.07) is 0. The topological polar surface area (TPSA) is 49.8 Å².